The summed E-state index contributed by atoms with van der Waals surface area (Å²) in [4.78, 5) is 6.32. The number of allylic oxidation sites excluding steroid dienone is 1. The van der Waals surface area contributed by atoms with E-state index in [4.69, 9.17) is 21.9 Å². The summed E-state index contributed by atoms with van der Waals surface area (Å²) in [6.45, 7) is 3.03. The van der Waals surface area contributed by atoms with Crippen LogP contribution in [0.1, 0.15) is 18.1 Å². The number of ether oxygens (including phenoxy) is 1. The highest BCUT2D eigenvalue weighted by Crippen LogP contribution is 2.32. The van der Waals surface area contributed by atoms with E-state index in [-0.39, 0.29) is 23.6 Å². The molecule has 0 unspecified atom stereocenters. The van der Waals surface area contributed by atoms with Crippen molar-refractivity contribution < 1.29 is 17.9 Å². The van der Waals surface area contributed by atoms with Crippen molar-refractivity contribution in [3.8, 4) is 0 Å². The van der Waals surface area contributed by atoms with E-state index in [2.05, 4.69) is 15.2 Å². The fourth-order valence-electron chi connectivity index (χ4n) is 3.25. The average molecular weight is 422 g/mol. The number of nitrogen functional groups attached to an aromatic ring is 1. The van der Waals surface area contributed by atoms with Gasteiger partial charge in [-0.2, -0.15) is 0 Å². The first kappa shape index (κ1) is 21.6. The molecule has 0 atom stereocenters. The van der Waals surface area contributed by atoms with E-state index in [1.165, 1.54) is 12.3 Å². The van der Waals surface area contributed by atoms with Gasteiger partial charge in [-0.25, -0.2) is 13.2 Å². The summed E-state index contributed by atoms with van der Waals surface area (Å²) in [5.41, 5.74) is 18.6. The molecule has 7 N–H and O–H groups in total. The molecule has 0 bridgehead atoms. The van der Waals surface area contributed by atoms with Crippen molar-refractivity contribution in [3.05, 3.63) is 64.5 Å². The molecule has 1 aromatic rings. The monoisotopic (exact) mass is 422 g/mol. The van der Waals surface area contributed by atoms with Crippen LogP contribution in [0.2, 0.25) is 0 Å². The molecule has 2 heterocycles. The van der Waals surface area contributed by atoms with Crippen molar-refractivity contribution in [1.82, 2.24) is 10.2 Å². The van der Waals surface area contributed by atoms with Crippen molar-refractivity contribution >= 4 is 11.5 Å². The highest BCUT2D eigenvalue weighted by molar-refractivity contribution is 6.01. The normalized spacial score (nSPS) is 19.4. The number of nitrogens with zero attached hydrogens (tertiary/aromatic N) is 2. The van der Waals surface area contributed by atoms with E-state index in [9.17, 15) is 13.2 Å². The Morgan fingerprint density at radius 3 is 2.67 bits per heavy atom. The SMILES string of the molecule is CC(F)(F)c1cc(N)cc(CN=C(N)C2=CC(N3CCOCC3)=CN/C2=C/N)c1F. The molecule has 1 fully saturated rings. The Kier molecular flexibility index (Phi) is 6.25. The third-order valence-electron chi connectivity index (χ3n) is 4.84. The van der Waals surface area contributed by atoms with Gasteiger partial charge in [0.1, 0.15) is 11.7 Å². The van der Waals surface area contributed by atoms with Crippen LogP contribution in [0.5, 0.6) is 0 Å². The van der Waals surface area contributed by atoms with Gasteiger partial charge in [0.2, 0.25) is 0 Å². The zero-order valence-corrected chi connectivity index (χ0v) is 16.6. The second-order valence-corrected chi connectivity index (χ2v) is 7.08. The third kappa shape index (κ3) is 4.70. The molecule has 3 rings (SSSR count). The van der Waals surface area contributed by atoms with E-state index in [0.29, 0.717) is 31.4 Å². The first-order valence-corrected chi connectivity index (χ1v) is 9.40. The smallest absolute Gasteiger partial charge is 0.273 e. The molecule has 2 aliphatic heterocycles. The predicted molar refractivity (Wildman–Crippen MR) is 110 cm³/mol. The Labute approximate surface area is 172 Å². The number of alkyl halides is 2. The van der Waals surface area contributed by atoms with Crippen LogP contribution in [0, 0.1) is 5.82 Å². The van der Waals surface area contributed by atoms with Gasteiger partial charge in [0.25, 0.3) is 5.92 Å². The minimum Gasteiger partial charge on any atom is -0.403 e. The van der Waals surface area contributed by atoms with E-state index < -0.39 is 17.3 Å². The maximum atomic E-state index is 14.6. The molecule has 7 nitrogen and oxygen atoms in total. The fourth-order valence-corrected chi connectivity index (χ4v) is 3.25. The van der Waals surface area contributed by atoms with Crippen molar-refractivity contribution in [2.24, 2.45) is 16.5 Å². The van der Waals surface area contributed by atoms with Gasteiger partial charge in [0, 0.05) is 49.2 Å². The molecular formula is C20H25F3N6O. The summed E-state index contributed by atoms with van der Waals surface area (Å²) in [6, 6.07) is 2.20. The minimum absolute atomic E-state index is 0.0234. The number of halogens is 3. The van der Waals surface area contributed by atoms with E-state index >= 15 is 0 Å². The van der Waals surface area contributed by atoms with Crippen LogP contribution in [0.15, 0.2) is 52.6 Å². The zero-order chi connectivity index (χ0) is 21.9. The van der Waals surface area contributed by atoms with Gasteiger partial charge in [-0.05, 0) is 18.2 Å². The Bertz CT molecular complexity index is 927. The van der Waals surface area contributed by atoms with Gasteiger partial charge in [-0.15, -0.1) is 0 Å². The van der Waals surface area contributed by atoms with Crippen LogP contribution in [0.3, 0.4) is 0 Å². The predicted octanol–water partition coefficient (Wildman–Crippen LogP) is 1.88. The third-order valence-corrected chi connectivity index (χ3v) is 4.84. The molecule has 30 heavy (non-hydrogen) atoms. The lowest BCUT2D eigenvalue weighted by atomic mass is 10.0. The Morgan fingerprint density at radius 1 is 1.33 bits per heavy atom. The van der Waals surface area contributed by atoms with Crippen LogP contribution in [-0.2, 0) is 17.2 Å². The molecule has 0 saturated carbocycles. The largest absolute Gasteiger partial charge is 0.403 e. The molecule has 2 aliphatic rings. The number of dihydropyridines is 1. The second-order valence-electron chi connectivity index (χ2n) is 7.08. The number of hydrogen-bond acceptors (Lipinski definition) is 6. The number of benzene rings is 1. The minimum atomic E-state index is -3.37. The Balaban J connectivity index is 1.87. The molecule has 0 spiro atoms. The number of nitrogens with one attached hydrogen (secondary N) is 1. The van der Waals surface area contributed by atoms with Gasteiger partial charge >= 0.3 is 0 Å². The number of amidine groups is 1. The average Bonchev–Trinajstić information content (AvgIpc) is 2.73. The summed E-state index contributed by atoms with van der Waals surface area (Å²) < 4.78 is 47.3. The lowest BCUT2D eigenvalue weighted by Crippen LogP contribution is -2.37. The summed E-state index contributed by atoms with van der Waals surface area (Å²) in [7, 11) is 0. The second kappa shape index (κ2) is 8.70. The number of anilines is 1. The Morgan fingerprint density at radius 2 is 2.03 bits per heavy atom. The van der Waals surface area contributed by atoms with Gasteiger partial charge < -0.3 is 32.2 Å². The Hall–Kier alpha value is -3.14. The summed E-state index contributed by atoms with van der Waals surface area (Å²) >= 11 is 0. The molecule has 0 radical (unpaired) electrons. The summed E-state index contributed by atoms with van der Waals surface area (Å²) in [5, 5.41) is 3.06. The molecule has 1 aromatic carbocycles. The molecule has 0 aromatic heterocycles. The van der Waals surface area contributed by atoms with Gasteiger partial charge in [0.15, 0.2) is 0 Å². The lowest BCUT2D eigenvalue weighted by molar-refractivity contribution is 0.0136. The van der Waals surface area contributed by atoms with Crippen LogP contribution in [0.4, 0.5) is 18.9 Å². The highest BCUT2D eigenvalue weighted by Gasteiger charge is 2.30. The molecule has 0 amide bonds. The quantitative estimate of drug-likeness (QED) is 0.327. The zero-order valence-electron chi connectivity index (χ0n) is 16.6. The van der Waals surface area contributed by atoms with E-state index in [1.807, 2.05) is 6.08 Å². The maximum absolute atomic E-state index is 14.6. The topological polar surface area (TPSA) is 115 Å². The molecule has 162 valence electrons. The molecule has 1 saturated heterocycles. The maximum Gasteiger partial charge on any atom is 0.273 e. The molecule has 0 aliphatic carbocycles. The fraction of sp³-hybridized carbons (Fsp3) is 0.350. The van der Waals surface area contributed by atoms with Crippen LogP contribution in [-0.4, -0.2) is 37.0 Å². The molecule has 10 heteroatoms. The number of nitrogens with two attached hydrogens (primary N) is 3. The van der Waals surface area contributed by atoms with Crippen molar-refractivity contribution in [3.63, 3.8) is 0 Å². The summed E-state index contributed by atoms with van der Waals surface area (Å²) in [6.07, 6.45) is 4.96. The van der Waals surface area contributed by atoms with Crippen LogP contribution >= 0.6 is 0 Å². The number of rotatable bonds is 5. The first-order valence-electron chi connectivity index (χ1n) is 9.40. The van der Waals surface area contributed by atoms with Gasteiger partial charge in [-0.1, -0.05) is 0 Å². The van der Waals surface area contributed by atoms with Crippen LogP contribution < -0.4 is 22.5 Å². The summed E-state index contributed by atoms with van der Waals surface area (Å²) in [5.74, 6) is -4.33. The van der Waals surface area contributed by atoms with E-state index in [1.54, 1.807) is 6.20 Å². The number of hydrogen-bond donors (Lipinski definition) is 4. The van der Waals surface area contributed by atoms with Crippen molar-refractivity contribution in [1.29, 1.82) is 0 Å². The van der Waals surface area contributed by atoms with E-state index in [0.717, 1.165) is 24.9 Å². The molecular weight excluding hydrogens is 397 g/mol. The number of aliphatic imine (C=N–C) groups is 1. The number of morpholine rings is 1. The highest BCUT2D eigenvalue weighted by atomic mass is 19.3. The van der Waals surface area contributed by atoms with Gasteiger partial charge in [0.05, 0.1) is 36.7 Å². The van der Waals surface area contributed by atoms with Crippen molar-refractivity contribution in [2.75, 3.05) is 32.0 Å². The van der Waals surface area contributed by atoms with Gasteiger partial charge in [-0.3, -0.25) is 4.99 Å². The lowest BCUT2D eigenvalue weighted by Gasteiger charge is -2.32. The first-order chi connectivity index (χ1) is 14.2. The standard InChI is InChI=1S/C20H25F3N6O/c1-20(22,23)16-7-13(25)6-12(18(16)21)10-28-19(26)15-8-14(11-27-17(15)9-24)29-2-4-30-5-3-29/h6-9,11,27H,2-5,10,24-25H2,1H3,(H2,26,28)/b17-9+. The van der Waals surface area contributed by atoms with Crippen molar-refractivity contribution in [2.45, 2.75) is 19.4 Å². The van der Waals surface area contributed by atoms with Crippen LogP contribution in [0.25, 0.3) is 0 Å².